The van der Waals surface area contributed by atoms with E-state index in [0.29, 0.717) is 5.41 Å². The van der Waals surface area contributed by atoms with Crippen molar-refractivity contribution in [2.24, 2.45) is 10.4 Å². The van der Waals surface area contributed by atoms with Crippen LogP contribution in [-0.4, -0.2) is 37.0 Å². The van der Waals surface area contributed by atoms with Gasteiger partial charge in [-0.25, -0.2) is 4.39 Å². The SMILES string of the molecule is CCNC(=NCCCc1cccc(F)c1)N1CCC2(CCC2)C1. The van der Waals surface area contributed by atoms with E-state index in [1.54, 1.807) is 12.1 Å². The number of aliphatic imine (C=N–C) groups is 1. The van der Waals surface area contributed by atoms with Crippen molar-refractivity contribution in [3.63, 3.8) is 0 Å². The molecule has 0 radical (unpaired) electrons. The van der Waals surface area contributed by atoms with Crippen LogP contribution in [0.15, 0.2) is 29.3 Å². The average Bonchev–Trinajstić information content (AvgIpc) is 2.96. The van der Waals surface area contributed by atoms with Gasteiger partial charge >= 0.3 is 0 Å². The highest BCUT2D eigenvalue weighted by molar-refractivity contribution is 5.80. The summed E-state index contributed by atoms with van der Waals surface area (Å²) in [6.45, 7) is 6.13. The Morgan fingerprint density at radius 1 is 1.35 bits per heavy atom. The Balaban J connectivity index is 1.50. The van der Waals surface area contributed by atoms with Crippen LogP contribution in [0.1, 0.15) is 44.6 Å². The van der Waals surface area contributed by atoms with E-state index < -0.39 is 0 Å². The number of rotatable bonds is 5. The molecule has 3 nitrogen and oxygen atoms in total. The Labute approximate surface area is 139 Å². The van der Waals surface area contributed by atoms with E-state index in [9.17, 15) is 4.39 Å². The third kappa shape index (κ3) is 4.04. The first-order chi connectivity index (χ1) is 11.2. The lowest BCUT2D eigenvalue weighted by Crippen LogP contribution is -2.42. The number of benzene rings is 1. The van der Waals surface area contributed by atoms with Crippen LogP contribution in [0.3, 0.4) is 0 Å². The van der Waals surface area contributed by atoms with Gasteiger partial charge in [0.25, 0.3) is 0 Å². The third-order valence-corrected chi connectivity index (χ3v) is 5.26. The third-order valence-electron chi connectivity index (χ3n) is 5.26. The van der Waals surface area contributed by atoms with Crippen molar-refractivity contribution < 1.29 is 4.39 Å². The molecular weight excluding hydrogens is 289 g/mol. The van der Waals surface area contributed by atoms with Gasteiger partial charge in [0.2, 0.25) is 0 Å². The molecule has 2 fully saturated rings. The van der Waals surface area contributed by atoms with Crippen LogP contribution in [-0.2, 0) is 6.42 Å². The summed E-state index contributed by atoms with van der Waals surface area (Å²) in [7, 11) is 0. The fourth-order valence-corrected chi connectivity index (χ4v) is 3.79. The molecule has 1 aliphatic heterocycles. The number of nitrogens with one attached hydrogen (secondary N) is 1. The molecule has 0 atom stereocenters. The lowest BCUT2D eigenvalue weighted by Gasteiger charge is -2.38. The van der Waals surface area contributed by atoms with Crippen LogP contribution >= 0.6 is 0 Å². The smallest absolute Gasteiger partial charge is 0.193 e. The van der Waals surface area contributed by atoms with Crippen molar-refractivity contribution in [3.8, 4) is 0 Å². The van der Waals surface area contributed by atoms with Gasteiger partial charge in [-0.3, -0.25) is 4.99 Å². The van der Waals surface area contributed by atoms with Crippen molar-refractivity contribution in [2.45, 2.75) is 45.4 Å². The maximum atomic E-state index is 13.2. The average molecular weight is 317 g/mol. The van der Waals surface area contributed by atoms with E-state index in [4.69, 9.17) is 4.99 Å². The molecule has 1 heterocycles. The van der Waals surface area contributed by atoms with Gasteiger partial charge in [0.15, 0.2) is 5.96 Å². The molecule has 1 aromatic rings. The summed E-state index contributed by atoms with van der Waals surface area (Å²) < 4.78 is 13.2. The highest BCUT2D eigenvalue weighted by Crippen LogP contribution is 2.47. The quantitative estimate of drug-likeness (QED) is 0.510. The van der Waals surface area contributed by atoms with Crippen LogP contribution in [0.5, 0.6) is 0 Å². The van der Waals surface area contributed by atoms with E-state index in [-0.39, 0.29) is 5.82 Å². The van der Waals surface area contributed by atoms with Gasteiger partial charge in [0, 0.05) is 26.2 Å². The highest BCUT2D eigenvalue weighted by atomic mass is 19.1. The van der Waals surface area contributed by atoms with E-state index in [1.165, 1.54) is 38.3 Å². The Hall–Kier alpha value is -1.58. The molecule has 1 aliphatic carbocycles. The number of aryl methyl sites for hydroxylation is 1. The summed E-state index contributed by atoms with van der Waals surface area (Å²) >= 11 is 0. The van der Waals surface area contributed by atoms with E-state index in [1.807, 2.05) is 6.07 Å². The first kappa shape index (κ1) is 16.3. The Morgan fingerprint density at radius 2 is 2.22 bits per heavy atom. The Morgan fingerprint density at radius 3 is 2.87 bits per heavy atom. The molecule has 4 heteroatoms. The molecule has 23 heavy (non-hydrogen) atoms. The predicted octanol–water partition coefficient (Wildman–Crippen LogP) is 3.60. The maximum Gasteiger partial charge on any atom is 0.193 e. The first-order valence-corrected chi connectivity index (χ1v) is 8.98. The number of nitrogens with zero attached hydrogens (tertiary/aromatic N) is 2. The summed E-state index contributed by atoms with van der Waals surface area (Å²) in [6, 6.07) is 6.88. The van der Waals surface area contributed by atoms with Gasteiger partial charge in [-0.05, 0) is 62.1 Å². The van der Waals surface area contributed by atoms with Crippen LogP contribution in [0.25, 0.3) is 0 Å². The molecular formula is C19H28FN3. The summed E-state index contributed by atoms with van der Waals surface area (Å²) in [4.78, 5) is 7.23. The lowest BCUT2D eigenvalue weighted by atomic mass is 9.68. The second-order valence-corrected chi connectivity index (χ2v) is 6.99. The summed E-state index contributed by atoms with van der Waals surface area (Å²) in [6.07, 6.45) is 7.34. The van der Waals surface area contributed by atoms with Crippen molar-refractivity contribution in [2.75, 3.05) is 26.2 Å². The molecule has 3 rings (SSSR count). The monoisotopic (exact) mass is 317 g/mol. The molecule has 1 saturated heterocycles. The molecule has 0 aromatic heterocycles. The van der Waals surface area contributed by atoms with Gasteiger partial charge in [0.05, 0.1) is 0 Å². The molecule has 126 valence electrons. The number of likely N-dealkylation sites (tertiary alicyclic amines) is 1. The van der Waals surface area contributed by atoms with Gasteiger partial charge in [0.1, 0.15) is 5.82 Å². The number of halogens is 1. The molecule has 1 spiro atoms. The lowest BCUT2D eigenvalue weighted by molar-refractivity contribution is 0.151. The molecule has 0 unspecified atom stereocenters. The predicted molar refractivity (Wildman–Crippen MR) is 93.2 cm³/mol. The zero-order valence-corrected chi connectivity index (χ0v) is 14.2. The topological polar surface area (TPSA) is 27.6 Å². The van der Waals surface area contributed by atoms with E-state index >= 15 is 0 Å². The summed E-state index contributed by atoms with van der Waals surface area (Å²) in [5, 5.41) is 3.43. The standard InChI is InChI=1S/C19H28FN3/c1-2-21-18(23-13-11-19(15-23)9-5-10-19)22-12-4-7-16-6-3-8-17(20)14-16/h3,6,8,14H,2,4-5,7,9-13,15H2,1H3,(H,21,22). The van der Waals surface area contributed by atoms with Gasteiger partial charge in [-0.2, -0.15) is 0 Å². The minimum absolute atomic E-state index is 0.151. The van der Waals surface area contributed by atoms with Crippen LogP contribution in [0.4, 0.5) is 4.39 Å². The second-order valence-electron chi connectivity index (χ2n) is 6.99. The Bertz CT molecular complexity index is 551. The molecule has 1 aromatic carbocycles. The molecule has 1 saturated carbocycles. The Kier molecular flexibility index (Phi) is 5.19. The van der Waals surface area contributed by atoms with Crippen LogP contribution in [0, 0.1) is 11.2 Å². The minimum Gasteiger partial charge on any atom is -0.357 e. The van der Waals surface area contributed by atoms with Crippen molar-refractivity contribution in [1.82, 2.24) is 10.2 Å². The van der Waals surface area contributed by atoms with E-state index in [2.05, 4.69) is 17.1 Å². The van der Waals surface area contributed by atoms with Crippen molar-refractivity contribution in [3.05, 3.63) is 35.6 Å². The number of guanidine groups is 1. The fraction of sp³-hybridized carbons (Fsp3) is 0.632. The van der Waals surface area contributed by atoms with E-state index in [0.717, 1.165) is 44.0 Å². The molecule has 0 bridgehead atoms. The normalized spacial score (nSPS) is 19.9. The zero-order valence-electron chi connectivity index (χ0n) is 14.2. The van der Waals surface area contributed by atoms with Gasteiger partial charge in [-0.15, -0.1) is 0 Å². The van der Waals surface area contributed by atoms with Crippen LogP contribution < -0.4 is 5.32 Å². The molecule has 0 amide bonds. The van der Waals surface area contributed by atoms with Gasteiger partial charge < -0.3 is 10.2 Å². The van der Waals surface area contributed by atoms with Crippen molar-refractivity contribution >= 4 is 5.96 Å². The zero-order chi connectivity index (χ0) is 16.1. The maximum absolute atomic E-state index is 13.2. The summed E-state index contributed by atoms with van der Waals surface area (Å²) in [5.74, 6) is 0.915. The second kappa shape index (κ2) is 7.33. The minimum atomic E-state index is -0.151. The molecule has 1 N–H and O–H groups in total. The van der Waals surface area contributed by atoms with Crippen LogP contribution in [0.2, 0.25) is 0 Å². The number of hydrogen-bond donors (Lipinski definition) is 1. The fourth-order valence-electron chi connectivity index (χ4n) is 3.79. The number of hydrogen-bond acceptors (Lipinski definition) is 1. The highest BCUT2D eigenvalue weighted by Gasteiger charge is 2.43. The molecule has 2 aliphatic rings. The van der Waals surface area contributed by atoms with Crippen molar-refractivity contribution in [1.29, 1.82) is 0 Å². The largest absolute Gasteiger partial charge is 0.357 e. The summed E-state index contributed by atoms with van der Waals surface area (Å²) in [5.41, 5.74) is 1.65. The first-order valence-electron chi connectivity index (χ1n) is 8.98. The van der Waals surface area contributed by atoms with Gasteiger partial charge in [-0.1, -0.05) is 18.6 Å².